The van der Waals surface area contributed by atoms with E-state index in [1.54, 1.807) is 0 Å². The zero-order valence-corrected chi connectivity index (χ0v) is 65.1. The van der Waals surface area contributed by atoms with Crippen LogP contribution in [0.25, 0.3) is 236 Å². The third-order valence-corrected chi connectivity index (χ3v) is 25.3. The van der Waals surface area contributed by atoms with Crippen LogP contribution < -0.4 is 0 Å². The molecule has 0 aliphatic heterocycles. The molecule has 24 aromatic rings. The predicted octanol–water partition coefficient (Wildman–Crippen LogP) is 31.3. The first-order valence-electron chi connectivity index (χ1n) is 40.2. The molecule has 0 fully saturated rings. The fraction of sp³-hybridized carbons (Fsp3) is 0. The largest absolute Gasteiger partial charge is 0.354 e. The molecule has 0 saturated carbocycles. The average molecular weight is 1550 g/mol. The zero-order valence-electron chi connectivity index (χ0n) is 63.5. The van der Waals surface area contributed by atoms with Crippen molar-refractivity contribution in [2.45, 2.75) is 0 Å². The number of nitrogens with zero attached hydrogens (tertiary/aromatic N) is 3. The summed E-state index contributed by atoms with van der Waals surface area (Å²) in [6.45, 7) is 0. The van der Waals surface area contributed by atoms with Crippen LogP contribution in [0.5, 0.6) is 0 Å². The van der Waals surface area contributed by atoms with Gasteiger partial charge in [-0.15, -0.1) is 0 Å². The summed E-state index contributed by atoms with van der Waals surface area (Å²) in [4.78, 5) is 3.67. The van der Waals surface area contributed by atoms with Crippen LogP contribution in [0, 0.1) is 0 Å². The number of hydrogen-bond acceptors (Lipinski definition) is 0. The third kappa shape index (κ3) is 10.5. The van der Waals surface area contributed by atoms with Gasteiger partial charge in [-0.2, -0.15) is 0 Å². The van der Waals surface area contributed by atoms with Crippen molar-refractivity contribution in [1.82, 2.24) is 18.7 Å². The van der Waals surface area contributed by atoms with Crippen molar-refractivity contribution in [3.8, 4) is 106 Å². The number of rotatable bonds is 7. The molecular formula is C112H69BrN4. The van der Waals surface area contributed by atoms with Gasteiger partial charge in [0.1, 0.15) is 0 Å². The summed E-state index contributed by atoms with van der Waals surface area (Å²) in [5.74, 6) is 0. The summed E-state index contributed by atoms with van der Waals surface area (Å²) in [5.41, 5.74) is 33.8. The van der Waals surface area contributed by atoms with Gasteiger partial charge in [0.05, 0.1) is 38.6 Å². The standard InChI is InChI=1S/C56H34N2.C34H22N2.C22H13Br/c1-2-14-39(15-3-1)57-52-23-9-8-20-45(52)50-33-36(25-30-53(50)57)37-26-31-54-51(34-37)49-27-24-35-12-4-5-17-42(35)56(49)58(54)40-16-10-13-38(32-40)41-28-29-48-44-19-7-6-18-43(44)47-22-11-21-46(41)55(47)48;1-2-9-25(10-3-1)36-32-13-7-6-12-27(32)30-21-24(16-19-33(30)36)23-15-18-31-29(20-23)28-17-14-22-8-4-5-11-26(22)34(28)35-31;23-15-6-3-5-14(13-15)16-11-12-21-18-8-2-1-7-17(18)20-10-4-9-19(16)22(20)21/h1-34H;1-21,35H;1-13H. The van der Waals surface area contributed by atoms with E-state index in [-0.39, 0.29) is 0 Å². The maximum absolute atomic E-state index is 3.67. The fourth-order valence-electron chi connectivity index (χ4n) is 19.7. The highest BCUT2D eigenvalue weighted by Gasteiger charge is 2.26. The molecule has 2 aliphatic carbocycles. The Hall–Kier alpha value is -14.9. The highest BCUT2D eigenvalue weighted by Crippen LogP contribution is 2.52. The molecule has 4 nitrogen and oxygen atoms in total. The summed E-state index contributed by atoms with van der Waals surface area (Å²) in [7, 11) is 0. The lowest BCUT2D eigenvalue weighted by molar-refractivity contribution is 1.18. The first-order chi connectivity index (χ1) is 58.0. The molecule has 1 N–H and O–H groups in total. The van der Waals surface area contributed by atoms with E-state index in [2.05, 4.69) is 447 Å². The van der Waals surface area contributed by atoms with Crippen molar-refractivity contribution < 1.29 is 0 Å². The van der Waals surface area contributed by atoms with Crippen molar-refractivity contribution >= 4 is 146 Å². The van der Waals surface area contributed by atoms with E-state index in [9.17, 15) is 0 Å². The van der Waals surface area contributed by atoms with Crippen molar-refractivity contribution in [1.29, 1.82) is 0 Å². The van der Waals surface area contributed by atoms with Crippen molar-refractivity contribution in [3.05, 3.63) is 417 Å². The topological polar surface area (TPSA) is 30.6 Å². The second kappa shape index (κ2) is 26.6. The number of hydrogen-bond donors (Lipinski definition) is 1. The second-order valence-corrected chi connectivity index (χ2v) is 32.0. The van der Waals surface area contributed by atoms with E-state index in [4.69, 9.17) is 0 Å². The fourth-order valence-corrected chi connectivity index (χ4v) is 20.1. The summed E-state index contributed by atoms with van der Waals surface area (Å²) in [5, 5.41) is 20.5. The van der Waals surface area contributed by atoms with Crippen molar-refractivity contribution in [2.24, 2.45) is 0 Å². The first-order valence-corrected chi connectivity index (χ1v) is 41.0. The Morgan fingerprint density at radius 3 is 1.11 bits per heavy atom. The van der Waals surface area contributed by atoms with Gasteiger partial charge >= 0.3 is 0 Å². The van der Waals surface area contributed by atoms with Crippen LogP contribution in [0.4, 0.5) is 0 Å². The van der Waals surface area contributed by atoms with Crippen LogP contribution in [0.2, 0.25) is 0 Å². The van der Waals surface area contributed by atoms with Gasteiger partial charge in [0.25, 0.3) is 0 Å². The smallest absolute Gasteiger partial charge is 0.0619 e. The van der Waals surface area contributed by atoms with E-state index in [1.165, 1.54) is 231 Å². The van der Waals surface area contributed by atoms with Gasteiger partial charge in [0.2, 0.25) is 0 Å². The Morgan fingerprint density at radius 1 is 0.188 bits per heavy atom. The van der Waals surface area contributed by atoms with Gasteiger partial charge in [0.15, 0.2) is 0 Å². The number of fused-ring (bicyclic) bond motifs is 22. The molecule has 0 bridgehead atoms. The quantitative estimate of drug-likeness (QED) is 0.165. The summed E-state index contributed by atoms with van der Waals surface area (Å²) < 4.78 is 8.35. The van der Waals surface area contributed by atoms with Gasteiger partial charge in [-0.3, -0.25) is 0 Å². The van der Waals surface area contributed by atoms with Crippen LogP contribution in [0.3, 0.4) is 0 Å². The number of aromatic amines is 1. The van der Waals surface area contributed by atoms with Crippen LogP contribution in [-0.2, 0) is 0 Å². The molecule has 117 heavy (non-hydrogen) atoms. The van der Waals surface area contributed by atoms with Gasteiger partial charge < -0.3 is 18.7 Å². The molecule has 544 valence electrons. The number of halogens is 1. The van der Waals surface area contributed by atoms with E-state index >= 15 is 0 Å². The zero-order chi connectivity index (χ0) is 76.9. The average Bonchev–Trinajstić information content (AvgIpc) is 1.57. The van der Waals surface area contributed by atoms with E-state index in [0.717, 1.165) is 10.2 Å². The molecule has 2 aliphatic rings. The summed E-state index contributed by atoms with van der Waals surface area (Å²) in [6, 6.07) is 151. The second-order valence-electron chi connectivity index (χ2n) is 31.1. The molecule has 0 unspecified atom stereocenters. The molecule has 0 spiro atoms. The summed E-state index contributed by atoms with van der Waals surface area (Å²) in [6.07, 6.45) is 0. The molecule has 0 atom stereocenters. The van der Waals surface area contributed by atoms with Gasteiger partial charge in [-0.05, 0) is 231 Å². The molecule has 5 heteroatoms. The highest BCUT2D eigenvalue weighted by molar-refractivity contribution is 9.10. The van der Waals surface area contributed by atoms with Crippen molar-refractivity contribution in [3.63, 3.8) is 0 Å². The number of H-pyrrole nitrogens is 1. The Balaban J connectivity index is 0.000000112. The molecule has 4 heterocycles. The minimum Gasteiger partial charge on any atom is -0.354 e. The Bertz CT molecular complexity index is 8220. The maximum atomic E-state index is 3.67. The lowest BCUT2D eigenvalue weighted by Crippen LogP contribution is -1.95. The van der Waals surface area contributed by atoms with E-state index in [1.807, 2.05) is 0 Å². The van der Waals surface area contributed by atoms with Crippen molar-refractivity contribution in [2.75, 3.05) is 0 Å². The van der Waals surface area contributed by atoms with Crippen LogP contribution in [0.1, 0.15) is 0 Å². The molecular weight excluding hydrogens is 1480 g/mol. The first kappa shape index (κ1) is 66.7. The monoisotopic (exact) mass is 1550 g/mol. The molecule has 20 aromatic carbocycles. The van der Waals surface area contributed by atoms with E-state index in [0.29, 0.717) is 0 Å². The minimum absolute atomic E-state index is 1.11. The minimum atomic E-state index is 1.11. The highest BCUT2D eigenvalue weighted by atomic mass is 79.9. The molecule has 0 saturated heterocycles. The normalized spacial score (nSPS) is 12.0. The maximum Gasteiger partial charge on any atom is 0.0619 e. The Kier molecular flexibility index (Phi) is 15.2. The number of benzene rings is 20. The van der Waals surface area contributed by atoms with Gasteiger partial charge in [0, 0.05) is 80.9 Å². The van der Waals surface area contributed by atoms with Gasteiger partial charge in [-0.1, -0.05) is 319 Å². The SMILES string of the molecule is Brc1cccc(-c2ccc3c4c(cccc24)-c2ccccc2-3)c1.c1ccc(-n2c3ccccc3c3cc(-c4ccc5[nH]c6c7ccccc7ccc6c5c4)ccc32)cc1.c1ccc(-n2c3ccccc3c3cc(-c4ccc5c(c4)c4ccc6ccccc6c4n5-c4cccc(-c5ccc6c7c(cccc57)-c5ccccc5-6)c4)ccc32)cc1. The number of para-hydroxylation sites is 4. The molecule has 0 radical (unpaired) electrons. The van der Waals surface area contributed by atoms with Crippen LogP contribution in [-0.4, -0.2) is 18.7 Å². The van der Waals surface area contributed by atoms with E-state index < -0.39 is 0 Å². The summed E-state index contributed by atoms with van der Waals surface area (Å²) >= 11 is 3.59. The molecule has 0 amide bonds. The lowest BCUT2D eigenvalue weighted by atomic mass is 9.94. The van der Waals surface area contributed by atoms with Gasteiger partial charge in [-0.25, -0.2) is 0 Å². The Morgan fingerprint density at radius 2 is 0.564 bits per heavy atom. The van der Waals surface area contributed by atoms with Crippen LogP contribution in [0.15, 0.2) is 417 Å². The lowest BCUT2D eigenvalue weighted by Gasteiger charge is -2.14. The number of aromatic nitrogens is 4. The van der Waals surface area contributed by atoms with Crippen LogP contribution >= 0.6 is 15.9 Å². The number of nitrogens with one attached hydrogen (secondary N) is 1. The molecule has 26 rings (SSSR count). The third-order valence-electron chi connectivity index (χ3n) is 24.8. The Labute approximate surface area is 683 Å². The molecule has 4 aromatic heterocycles. The predicted molar refractivity (Wildman–Crippen MR) is 500 cm³/mol.